The third-order valence-corrected chi connectivity index (χ3v) is 1.48. The first-order valence-corrected chi connectivity index (χ1v) is 3.20. The predicted octanol–water partition coefficient (Wildman–Crippen LogP) is -2.06. The average molecular weight is 200 g/mol. The minimum absolute atomic E-state index is 0. The molecule has 0 saturated carbocycles. The van der Waals surface area contributed by atoms with Gasteiger partial charge in [-0.1, -0.05) is 0 Å². The van der Waals surface area contributed by atoms with Crippen molar-refractivity contribution in [2.45, 2.75) is 12.2 Å². The summed E-state index contributed by atoms with van der Waals surface area (Å²) < 4.78 is 4.32. The Balaban J connectivity index is 0.00000144. The number of cyclic esters (lactones) is 1. The van der Waals surface area contributed by atoms with Crippen molar-refractivity contribution in [1.29, 1.82) is 0 Å². The molecule has 0 aliphatic carbocycles. The zero-order chi connectivity index (χ0) is 9.30. The van der Waals surface area contributed by atoms with Crippen LogP contribution in [0.2, 0.25) is 0 Å². The molecular formula is C6H9NaO6. The molecule has 0 bridgehead atoms. The topological polar surface area (TPSA) is 107 Å². The van der Waals surface area contributed by atoms with Crippen LogP contribution in [0.5, 0.6) is 0 Å². The number of carbonyl (C=O) groups excluding carboxylic acids is 1. The van der Waals surface area contributed by atoms with Crippen molar-refractivity contribution >= 4 is 35.5 Å². The number of esters is 1. The zero-order valence-corrected chi connectivity index (χ0v) is 5.97. The van der Waals surface area contributed by atoms with Gasteiger partial charge in [-0.3, -0.25) is 0 Å². The van der Waals surface area contributed by atoms with Crippen LogP contribution in [0, 0.1) is 0 Å². The van der Waals surface area contributed by atoms with Gasteiger partial charge in [-0.05, 0) is 0 Å². The second kappa shape index (κ2) is 4.83. The number of carbonyl (C=O) groups is 1. The maximum absolute atomic E-state index is 10.5. The summed E-state index contributed by atoms with van der Waals surface area (Å²) in [5, 5.41) is 35.0. The molecule has 0 aromatic rings. The summed E-state index contributed by atoms with van der Waals surface area (Å²) in [5.41, 5.74) is 0. The predicted molar refractivity (Wildman–Crippen MR) is 42.4 cm³/mol. The molecule has 0 amide bonds. The summed E-state index contributed by atoms with van der Waals surface area (Å²) in [7, 11) is 0. The Bertz CT molecular complexity index is 237. The van der Waals surface area contributed by atoms with Crippen LogP contribution in [0.4, 0.5) is 0 Å². The number of aliphatic hydroxyl groups is 4. The summed E-state index contributed by atoms with van der Waals surface area (Å²) in [6.07, 6.45) is -2.78. The van der Waals surface area contributed by atoms with Crippen molar-refractivity contribution in [3.63, 3.8) is 0 Å². The normalized spacial score (nSPS) is 23.8. The molecule has 1 aliphatic rings. The Labute approximate surface area is 95.7 Å². The summed E-state index contributed by atoms with van der Waals surface area (Å²) in [4.78, 5) is 10.5. The fourth-order valence-corrected chi connectivity index (χ4v) is 0.823. The third kappa shape index (κ3) is 2.35. The quantitative estimate of drug-likeness (QED) is 0.302. The number of rotatable bonds is 2. The second-order valence-electron chi connectivity index (χ2n) is 2.31. The van der Waals surface area contributed by atoms with Crippen LogP contribution in [0.25, 0.3) is 0 Å². The molecule has 0 fully saturated rings. The molecular weight excluding hydrogens is 191 g/mol. The van der Waals surface area contributed by atoms with Crippen molar-refractivity contribution in [3.05, 3.63) is 11.5 Å². The van der Waals surface area contributed by atoms with Gasteiger partial charge in [-0.2, -0.15) is 0 Å². The van der Waals surface area contributed by atoms with Crippen molar-refractivity contribution < 1.29 is 30.0 Å². The monoisotopic (exact) mass is 200 g/mol. The van der Waals surface area contributed by atoms with E-state index in [0.29, 0.717) is 0 Å². The third-order valence-electron chi connectivity index (χ3n) is 1.48. The average Bonchev–Trinajstić information content (AvgIpc) is 2.32. The molecule has 70 valence electrons. The molecule has 1 aliphatic heterocycles. The van der Waals surface area contributed by atoms with E-state index in [1.54, 1.807) is 0 Å². The van der Waals surface area contributed by atoms with Crippen molar-refractivity contribution in [2.75, 3.05) is 6.61 Å². The molecule has 0 aromatic carbocycles. The van der Waals surface area contributed by atoms with Gasteiger partial charge in [-0.15, -0.1) is 0 Å². The van der Waals surface area contributed by atoms with E-state index in [-0.39, 0.29) is 29.6 Å². The Morgan fingerprint density at radius 3 is 2.31 bits per heavy atom. The standard InChI is InChI=1S/C6H8O6.Na.H/c7-1-2(8)5-3(9)4(10)6(11)12-5;;/h2,5,7-10H,1H2;;/t2-,5+;;/m0../s1. The van der Waals surface area contributed by atoms with Crippen molar-refractivity contribution in [2.24, 2.45) is 0 Å². The molecule has 0 radical (unpaired) electrons. The molecule has 0 aromatic heterocycles. The summed E-state index contributed by atoms with van der Waals surface area (Å²) in [5.74, 6) is -2.78. The Morgan fingerprint density at radius 1 is 1.46 bits per heavy atom. The first-order chi connectivity index (χ1) is 5.57. The van der Waals surface area contributed by atoms with Crippen LogP contribution in [0.1, 0.15) is 0 Å². The first kappa shape index (κ1) is 12.7. The molecule has 1 heterocycles. The Hall–Kier alpha value is -0.270. The van der Waals surface area contributed by atoms with E-state index in [1.807, 2.05) is 0 Å². The molecule has 2 atom stereocenters. The maximum atomic E-state index is 10.5. The van der Waals surface area contributed by atoms with Crippen LogP contribution in [0.15, 0.2) is 11.5 Å². The number of hydrogen-bond donors (Lipinski definition) is 4. The van der Waals surface area contributed by atoms with Crippen LogP contribution in [-0.4, -0.2) is 74.8 Å². The Morgan fingerprint density at radius 2 is 2.00 bits per heavy atom. The van der Waals surface area contributed by atoms with E-state index in [4.69, 9.17) is 20.4 Å². The van der Waals surface area contributed by atoms with Gasteiger partial charge in [0.15, 0.2) is 11.9 Å². The van der Waals surface area contributed by atoms with E-state index in [1.165, 1.54) is 0 Å². The van der Waals surface area contributed by atoms with Crippen LogP contribution in [-0.2, 0) is 9.53 Å². The van der Waals surface area contributed by atoms with E-state index < -0.39 is 36.3 Å². The summed E-state index contributed by atoms with van der Waals surface area (Å²) >= 11 is 0. The van der Waals surface area contributed by atoms with Gasteiger partial charge in [0.1, 0.15) is 6.10 Å². The van der Waals surface area contributed by atoms with Gasteiger partial charge in [-0.25, -0.2) is 4.79 Å². The van der Waals surface area contributed by atoms with Gasteiger partial charge < -0.3 is 25.2 Å². The van der Waals surface area contributed by atoms with E-state index >= 15 is 0 Å². The minimum atomic E-state index is -1.42. The van der Waals surface area contributed by atoms with E-state index in [0.717, 1.165) is 0 Å². The first-order valence-electron chi connectivity index (χ1n) is 3.20. The van der Waals surface area contributed by atoms with E-state index in [9.17, 15) is 4.79 Å². The number of hydrogen-bond acceptors (Lipinski definition) is 6. The fourth-order valence-electron chi connectivity index (χ4n) is 0.823. The second-order valence-corrected chi connectivity index (χ2v) is 2.31. The molecule has 0 spiro atoms. The van der Waals surface area contributed by atoms with Gasteiger partial charge in [0, 0.05) is 0 Å². The van der Waals surface area contributed by atoms with Gasteiger partial charge in [0.25, 0.3) is 0 Å². The van der Waals surface area contributed by atoms with Crippen molar-refractivity contribution in [3.8, 4) is 0 Å². The van der Waals surface area contributed by atoms with Crippen LogP contribution in [0.3, 0.4) is 0 Å². The summed E-state index contributed by atoms with van der Waals surface area (Å²) in [6.45, 7) is -0.671. The van der Waals surface area contributed by atoms with Gasteiger partial charge in [0.05, 0.1) is 6.61 Å². The van der Waals surface area contributed by atoms with Gasteiger partial charge in [0.2, 0.25) is 5.76 Å². The summed E-state index contributed by atoms with van der Waals surface area (Å²) in [6, 6.07) is 0. The SMILES string of the molecule is O=C1O[C@H]([C@@H](O)CO)C(O)=C1O.[NaH]. The van der Waals surface area contributed by atoms with E-state index in [2.05, 4.69) is 4.74 Å². The molecule has 1 rings (SSSR count). The van der Waals surface area contributed by atoms with Gasteiger partial charge >= 0.3 is 35.5 Å². The molecule has 7 heteroatoms. The van der Waals surface area contributed by atoms with Crippen LogP contribution < -0.4 is 0 Å². The molecule has 6 nitrogen and oxygen atoms in total. The molecule has 0 unspecified atom stereocenters. The molecule has 13 heavy (non-hydrogen) atoms. The zero-order valence-electron chi connectivity index (χ0n) is 5.97. The fraction of sp³-hybridized carbons (Fsp3) is 0.500. The van der Waals surface area contributed by atoms with Crippen LogP contribution >= 0.6 is 0 Å². The Kier molecular flexibility index (Phi) is 4.72. The molecule has 0 saturated heterocycles. The van der Waals surface area contributed by atoms with Crippen molar-refractivity contribution in [1.82, 2.24) is 0 Å². The number of ether oxygens (including phenoxy) is 1. The number of aliphatic hydroxyl groups excluding tert-OH is 4. The molecule has 4 N–H and O–H groups in total.